The van der Waals surface area contributed by atoms with Crippen molar-refractivity contribution < 1.29 is 19.2 Å². The number of nitrogens with one attached hydrogen (secondary N) is 2. The quantitative estimate of drug-likeness (QED) is 0.350. The molecule has 2 unspecified atom stereocenters. The highest BCUT2D eigenvalue weighted by atomic mass is 16.2. The highest BCUT2D eigenvalue weighted by molar-refractivity contribution is 6.28. The van der Waals surface area contributed by atoms with E-state index in [-0.39, 0.29) is 30.3 Å². The molecule has 3 heterocycles. The average molecular weight is 481 g/mol. The van der Waals surface area contributed by atoms with Crippen LogP contribution in [0.25, 0.3) is 0 Å². The predicted octanol–water partition coefficient (Wildman–Crippen LogP) is 2.03. The Morgan fingerprint density at radius 2 is 1.60 bits per heavy atom. The summed E-state index contributed by atoms with van der Waals surface area (Å²) in [6.07, 6.45) is 6.96. The molecule has 188 valence electrons. The van der Waals surface area contributed by atoms with E-state index < -0.39 is 17.7 Å². The summed E-state index contributed by atoms with van der Waals surface area (Å²) >= 11 is 0. The first-order valence-corrected chi connectivity index (χ1v) is 13.3. The van der Waals surface area contributed by atoms with E-state index in [9.17, 15) is 19.2 Å². The first-order chi connectivity index (χ1) is 17.0. The van der Waals surface area contributed by atoms with E-state index in [2.05, 4.69) is 20.4 Å². The van der Waals surface area contributed by atoms with Gasteiger partial charge in [-0.15, -0.1) is 0 Å². The SMILES string of the molecule is O=C1CCC(C2C(=O)c3ccc(N4CCN(CCCCC5CCNCC5)CC4)cc3C2=O)C(=O)N1. The molecule has 8 nitrogen and oxygen atoms in total. The molecule has 0 aromatic heterocycles. The van der Waals surface area contributed by atoms with E-state index in [0.29, 0.717) is 11.1 Å². The second kappa shape index (κ2) is 10.6. The number of carbonyl (C=O) groups excluding carboxylic acids is 4. The molecule has 1 aromatic carbocycles. The van der Waals surface area contributed by atoms with Gasteiger partial charge in [-0.2, -0.15) is 0 Å². The number of nitrogens with zero attached hydrogens (tertiary/aromatic N) is 2. The van der Waals surface area contributed by atoms with Crippen LogP contribution in [0.2, 0.25) is 0 Å². The monoisotopic (exact) mass is 480 g/mol. The molecule has 3 fully saturated rings. The van der Waals surface area contributed by atoms with Gasteiger partial charge in [-0.25, -0.2) is 0 Å². The van der Waals surface area contributed by atoms with Crippen LogP contribution >= 0.6 is 0 Å². The van der Waals surface area contributed by atoms with Crippen LogP contribution in [-0.2, 0) is 9.59 Å². The van der Waals surface area contributed by atoms with Gasteiger partial charge in [-0.3, -0.25) is 29.4 Å². The Kier molecular flexibility index (Phi) is 7.29. The fraction of sp³-hybridized carbons (Fsp3) is 0.630. The van der Waals surface area contributed by atoms with Crippen LogP contribution in [0.15, 0.2) is 18.2 Å². The van der Waals surface area contributed by atoms with Gasteiger partial charge in [0.2, 0.25) is 11.8 Å². The highest BCUT2D eigenvalue weighted by Gasteiger charge is 2.47. The van der Waals surface area contributed by atoms with Crippen LogP contribution in [0.3, 0.4) is 0 Å². The maximum Gasteiger partial charge on any atom is 0.230 e. The van der Waals surface area contributed by atoms with Crippen LogP contribution in [0.1, 0.15) is 65.7 Å². The minimum Gasteiger partial charge on any atom is -0.369 e. The van der Waals surface area contributed by atoms with Crippen molar-refractivity contribution in [3.05, 3.63) is 29.3 Å². The Morgan fingerprint density at radius 3 is 2.34 bits per heavy atom. The molecule has 8 heteroatoms. The second-order valence-electron chi connectivity index (χ2n) is 10.5. The van der Waals surface area contributed by atoms with Crippen molar-refractivity contribution in [2.75, 3.05) is 50.7 Å². The van der Waals surface area contributed by atoms with Crippen molar-refractivity contribution in [2.24, 2.45) is 17.8 Å². The predicted molar refractivity (Wildman–Crippen MR) is 133 cm³/mol. The molecule has 0 saturated carbocycles. The molecule has 3 aliphatic heterocycles. The minimum absolute atomic E-state index is 0.164. The fourth-order valence-electron chi connectivity index (χ4n) is 6.16. The first-order valence-electron chi connectivity index (χ1n) is 13.3. The molecule has 1 aromatic rings. The fourth-order valence-corrected chi connectivity index (χ4v) is 6.16. The van der Waals surface area contributed by atoms with Gasteiger partial charge >= 0.3 is 0 Å². The number of piperidine rings is 2. The molecule has 2 atom stereocenters. The Bertz CT molecular complexity index is 995. The van der Waals surface area contributed by atoms with Gasteiger partial charge in [0.25, 0.3) is 0 Å². The van der Waals surface area contributed by atoms with Gasteiger partial charge in [0.15, 0.2) is 11.6 Å². The van der Waals surface area contributed by atoms with E-state index in [1.807, 2.05) is 12.1 Å². The third-order valence-electron chi connectivity index (χ3n) is 8.32. The van der Waals surface area contributed by atoms with E-state index in [4.69, 9.17) is 0 Å². The molecule has 2 N–H and O–H groups in total. The summed E-state index contributed by atoms with van der Waals surface area (Å²) < 4.78 is 0. The number of ketones is 2. The lowest BCUT2D eigenvalue weighted by molar-refractivity contribution is -0.137. The molecule has 3 saturated heterocycles. The van der Waals surface area contributed by atoms with Crippen LogP contribution < -0.4 is 15.5 Å². The zero-order chi connectivity index (χ0) is 24.4. The molecule has 0 bridgehead atoms. The minimum atomic E-state index is -1.00. The zero-order valence-electron chi connectivity index (χ0n) is 20.4. The molecule has 4 aliphatic rings. The smallest absolute Gasteiger partial charge is 0.230 e. The second-order valence-corrected chi connectivity index (χ2v) is 10.5. The standard InChI is InChI=1S/C27H36N4O4/c32-23-7-6-21(27(35)29-23)24-25(33)20-5-4-19(17-22(20)26(24)34)31-15-13-30(14-16-31)12-2-1-3-18-8-10-28-11-9-18/h4-5,17-18,21,24,28H,1-3,6-16H2,(H,29,32,35). The van der Waals surface area contributed by atoms with E-state index in [0.717, 1.165) is 44.3 Å². The average Bonchev–Trinajstić information content (AvgIpc) is 3.12. The number of fused-ring (bicyclic) bond motifs is 1. The number of Topliss-reactive ketones (excluding diaryl/α,β-unsaturated/α-hetero) is 2. The summed E-state index contributed by atoms with van der Waals surface area (Å²) in [4.78, 5) is 54.7. The summed E-state index contributed by atoms with van der Waals surface area (Å²) in [6, 6.07) is 5.49. The third-order valence-corrected chi connectivity index (χ3v) is 8.32. The third kappa shape index (κ3) is 5.19. The Morgan fingerprint density at radius 1 is 0.857 bits per heavy atom. The Hall–Kier alpha value is -2.58. The van der Waals surface area contributed by atoms with Crippen LogP contribution in [0, 0.1) is 17.8 Å². The van der Waals surface area contributed by atoms with Crippen molar-refractivity contribution in [2.45, 2.75) is 44.9 Å². The number of amides is 2. The number of rotatable bonds is 7. The number of anilines is 1. The lowest BCUT2D eigenvalue weighted by Gasteiger charge is -2.36. The largest absolute Gasteiger partial charge is 0.369 e. The summed E-state index contributed by atoms with van der Waals surface area (Å²) in [7, 11) is 0. The van der Waals surface area contributed by atoms with Gasteiger partial charge in [0, 0.05) is 49.4 Å². The first kappa shape index (κ1) is 24.1. The maximum absolute atomic E-state index is 13.2. The van der Waals surface area contributed by atoms with E-state index in [1.165, 1.54) is 45.2 Å². The summed E-state index contributed by atoms with van der Waals surface area (Å²) in [5.41, 5.74) is 1.78. The number of carbonyl (C=O) groups is 4. The lowest BCUT2D eigenvalue weighted by atomic mass is 9.82. The van der Waals surface area contributed by atoms with Crippen LogP contribution in [0.5, 0.6) is 0 Å². The summed E-state index contributed by atoms with van der Waals surface area (Å²) in [5, 5.41) is 5.72. The number of imide groups is 1. The normalized spacial score (nSPS) is 26.2. The summed E-state index contributed by atoms with van der Waals surface area (Å²) in [5.74, 6) is -2.29. The van der Waals surface area contributed by atoms with Crippen molar-refractivity contribution in [1.82, 2.24) is 15.5 Å². The van der Waals surface area contributed by atoms with Crippen molar-refractivity contribution in [3.63, 3.8) is 0 Å². The number of benzene rings is 1. The molecular weight excluding hydrogens is 444 g/mol. The van der Waals surface area contributed by atoms with Gasteiger partial charge in [-0.1, -0.05) is 12.8 Å². The number of piperazine rings is 1. The maximum atomic E-state index is 13.2. The molecule has 5 rings (SSSR count). The number of unbranched alkanes of at least 4 members (excludes halogenated alkanes) is 1. The van der Waals surface area contributed by atoms with Crippen LogP contribution in [0.4, 0.5) is 5.69 Å². The Labute approximate surface area is 206 Å². The van der Waals surface area contributed by atoms with Crippen molar-refractivity contribution in [1.29, 1.82) is 0 Å². The highest BCUT2D eigenvalue weighted by Crippen LogP contribution is 2.37. The van der Waals surface area contributed by atoms with Gasteiger partial charge in [0.1, 0.15) is 0 Å². The van der Waals surface area contributed by atoms with Gasteiger partial charge in [0.05, 0.1) is 11.8 Å². The number of hydrogen-bond donors (Lipinski definition) is 2. The van der Waals surface area contributed by atoms with E-state index >= 15 is 0 Å². The Balaban J connectivity index is 1.13. The topological polar surface area (TPSA) is 98.8 Å². The molecule has 35 heavy (non-hydrogen) atoms. The zero-order valence-corrected chi connectivity index (χ0v) is 20.4. The molecule has 2 amide bonds. The molecule has 0 spiro atoms. The van der Waals surface area contributed by atoms with Gasteiger partial charge in [-0.05, 0) is 69.4 Å². The summed E-state index contributed by atoms with van der Waals surface area (Å²) in [6.45, 7) is 7.27. The molecule has 1 aliphatic carbocycles. The number of hydrogen-bond acceptors (Lipinski definition) is 7. The van der Waals surface area contributed by atoms with Gasteiger partial charge < -0.3 is 10.2 Å². The van der Waals surface area contributed by atoms with Crippen molar-refractivity contribution in [3.8, 4) is 0 Å². The molecule has 0 radical (unpaired) electrons. The lowest BCUT2D eigenvalue weighted by Crippen LogP contribution is -2.46. The van der Waals surface area contributed by atoms with Crippen LogP contribution in [-0.4, -0.2) is 74.1 Å². The van der Waals surface area contributed by atoms with E-state index in [1.54, 1.807) is 6.07 Å². The van der Waals surface area contributed by atoms with Crippen molar-refractivity contribution >= 4 is 29.1 Å². The molecular formula is C27H36N4O4.